The number of piperazine rings is 1. The Kier molecular flexibility index (Phi) is 6.83. The van der Waals surface area contributed by atoms with Crippen LogP contribution in [0.1, 0.15) is 48.7 Å². The van der Waals surface area contributed by atoms with Crippen molar-refractivity contribution in [2.24, 2.45) is 0 Å². The predicted molar refractivity (Wildman–Crippen MR) is 119 cm³/mol. The molecule has 0 spiro atoms. The summed E-state index contributed by atoms with van der Waals surface area (Å²) in [6, 6.07) is 2.97. The quantitative estimate of drug-likeness (QED) is 0.648. The van der Waals surface area contributed by atoms with E-state index in [9.17, 15) is 22.8 Å². The Bertz CT molecular complexity index is 1110. The average molecular weight is 497 g/mol. The first-order valence-corrected chi connectivity index (χ1v) is 11.2. The molecule has 1 fully saturated rings. The average Bonchev–Trinajstić information content (AvgIpc) is 3.22. The van der Waals surface area contributed by atoms with E-state index in [0.29, 0.717) is 43.3 Å². The van der Waals surface area contributed by atoms with E-state index in [1.807, 2.05) is 0 Å². The fourth-order valence-corrected chi connectivity index (χ4v) is 4.43. The molecule has 2 aromatic rings. The summed E-state index contributed by atoms with van der Waals surface area (Å²) in [5.41, 5.74) is 0.596. The Labute approximate surface area is 199 Å². The van der Waals surface area contributed by atoms with Gasteiger partial charge in [-0.25, -0.2) is 27.9 Å². The SMILES string of the molecule is CC(=O)N1CCN(C(=O)N2Cc3nc(Cl)nc(N[C@H](C)c4cccc(C(F)F)c4F)c3C2)CC1. The minimum absolute atomic E-state index is 0.0223. The van der Waals surface area contributed by atoms with Crippen molar-refractivity contribution >= 4 is 29.4 Å². The van der Waals surface area contributed by atoms with Gasteiger partial charge in [0, 0.05) is 44.2 Å². The predicted octanol–water partition coefficient (Wildman–Crippen LogP) is 3.98. The highest BCUT2D eigenvalue weighted by Crippen LogP contribution is 2.33. The molecule has 3 amide bonds. The van der Waals surface area contributed by atoms with Crippen LogP contribution in [0.5, 0.6) is 0 Å². The third kappa shape index (κ3) is 4.75. The molecular weight excluding hydrogens is 473 g/mol. The zero-order chi connectivity index (χ0) is 24.6. The summed E-state index contributed by atoms with van der Waals surface area (Å²) in [5, 5.41) is 3.01. The fourth-order valence-electron chi connectivity index (χ4n) is 4.25. The minimum Gasteiger partial charge on any atom is -0.363 e. The van der Waals surface area contributed by atoms with Gasteiger partial charge in [0.15, 0.2) is 0 Å². The van der Waals surface area contributed by atoms with Crippen LogP contribution in [-0.2, 0) is 17.9 Å². The number of nitrogens with zero attached hydrogens (tertiary/aromatic N) is 5. The molecule has 1 atom stereocenters. The van der Waals surface area contributed by atoms with Crippen LogP contribution < -0.4 is 5.32 Å². The Morgan fingerprint density at radius 3 is 2.32 bits per heavy atom. The second-order valence-electron chi connectivity index (χ2n) is 8.32. The number of aromatic nitrogens is 2. The van der Waals surface area contributed by atoms with Crippen LogP contribution in [0.2, 0.25) is 5.28 Å². The first-order chi connectivity index (χ1) is 16.2. The van der Waals surface area contributed by atoms with Gasteiger partial charge < -0.3 is 20.0 Å². The van der Waals surface area contributed by atoms with E-state index in [4.69, 9.17) is 11.6 Å². The van der Waals surface area contributed by atoms with Crippen LogP contribution in [0, 0.1) is 5.82 Å². The lowest BCUT2D eigenvalue weighted by atomic mass is 10.0. The van der Waals surface area contributed by atoms with Crippen molar-refractivity contribution in [3.63, 3.8) is 0 Å². The number of urea groups is 1. The Hall–Kier alpha value is -3.08. The third-order valence-corrected chi connectivity index (χ3v) is 6.30. The molecule has 0 aliphatic carbocycles. The number of halogens is 4. The highest BCUT2D eigenvalue weighted by molar-refractivity contribution is 6.28. The lowest BCUT2D eigenvalue weighted by molar-refractivity contribution is -0.130. The van der Waals surface area contributed by atoms with Gasteiger partial charge in [-0.3, -0.25) is 4.79 Å². The number of anilines is 1. The number of fused-ring (bicyclic) bond motifs is 1. The molecule has 0 unspecified atom stereocenters. The van der Waals surface area contributed by atoms with Crippen molar-refractivity contribution in [1.82, 2.24) is 24.7 Å². The third-order valence-electron chi connectivity index (χ3n) is 6.13. The number of hydrogen-bond acceptors (Lipinski definition) is 5. The van der Waals surface area contributed by atoms with Gasteiger partial charge in [-0.1, -0.05) is 18.2 Å². The number of carbonyl (C=O) groups is 2. The number of carbonyl (C=O) groups excluding carboxylic acids is 2. The number of amides is 3. The fraction of sp³-hybridized carbons (Fsp3) is 0.455. The van der Waals surface area contributed by atoms with Crippen LogP contribution in [0.4, 0.5) is 23.8 Å². The molecule has 3 heterocycles. The lowest BCUT2D eigenvalue weighted by Gasteiger charge is -2.36. The molecule has 1 saturated heterocycles. The van der Waals surface area contributed by atoms with Crippen molar-refractivity contribution in [3.8, 4) is 0 Å². The summed E-state index contributed by atoms with van der Waals surface area (Å²) >= 11 is 6.09. The first-order valence-electron chi connectivity index (χ1n) is 10.8. The molecule has 12 heteroatoms. The molecule has 2 aliphatic heterocycles. The standard InChI is InChI=1S/C22H24ClF3N6O2/c1-12(14-4-3-5-15(18(14)24)19(25)26)27-20-16-10-32(11-17(16)28-21(23)29-20)22(34)31-8-6-30(7-9-31)13(2)33/h3-5,12,19H,6-11H2,1-2H3,(H,27,28,29)/t12-/m1/s1. The van der Waals surface area contributed by atoms with E-state index in [0.717, 1.165) is 6.07 Å². The van der Waals surface area contributed by atoms with Crippen molar-refractivity contribution < 1.29 is 22.8 Å². The Balaban J connectivity index is 1.50. The number of nitrogens with one attached hydrogen (secondary N) is 1. The first kappa shape index (κ1) is 24.1. The van der Waals surface area contributed by atoms with Crippen molar-refractivity contribution in [3.05, 3.63) is 51.7 Å². The number of hydrogen-bond donors (Lipinski definition) is 1. The number of benzene rings is 1. The molecule has 182 valence electrons. The van der Waals surface area contributed by atoms with Crippen LogP contribution in [0.3, 0.4) is 0 Å². The summed E-state index contributed by atoms with van der Waals surface area (Å²) in [7, 11) is 0. The molecule has 2 aliphatic rings. The van der Waals surface area contributed by atoms with Crippen molar-refractivity contribution in [1.29, 1.82) is 0 Å². The van der Waals surface area contributed by atoms with Gasteiger partial charge in [-0.15, -0.1) is 0 Å². The normalized spacial score (nSPS) is 16.6. The monoisotopic (exact) mass is 496 g/mol. The Morgan fingerprint density at radius 2 is 1.68 bits per heavy atom. The lowest BCUT2D eigenvalue weighted by Crippen LogP contribution is -2.52. The van der Waals surface area contributed by atoms with Crippen LogP contribution in [-0.4, -0.2) is 62.8 Å². The summed E-state index contributed by atoms with van der Waals surface area (Å²) in [6.07, 6.45) is -2.93. The zero-order valence-corrected chi connectivity index (χ0v) is 19.4. The Morgan fingerprint density at radius 1 is 1.03 bits per heavy atom. The molecule has 34 heavy (non-hydrogen) atoms. The van der Waals surface area contributed by atoms with Crippen LogP contribution in [0.25, 0.3) is 0 Å². The van der Waals surface area contributed by atoms with Gasteiger partial charge in [0.25, 0.3) is 6.43 Å². The van der Waals surface area contributed by atoms with E-state index < -0.39 is 23.8 Å². The molecule has 8 nitrogen and oxygen atoms in total. The highest BCUT2D eigenvalue weighted by atomic mass is 35.5. The maximum Gasteiger partial charge on any atom is 0.320 e. The second kappa shape index (κ2) is 9.65. The summed E-state index contributed by atoms with van der Waals surface area (Å²) in [5.74, 6) is -0.678. The molecule has 0 saturated carbocycles. The van der Waals surface area contributed by atoms with Crippen LogP contribution >= 0.6 is 11.6 Å². The second-order valence-corrected chi connectivity index (χ2v) is 8.65. The summed E-state index contributed by atoms with van der Waals surface area (Å²) < 4.78 is 40.8. The van der Waals surface area contributed by atoms with Gasteiger partial charge in [-0.2, -0.15) is 0 Å². The molecule has 0 bridgehead atoms. The van der Waals surface area contributed by atoms with Gasteiger partial charge in [0.2, 0.25) is 11.2 Å². The maximum atomic E-state index is 14.6. The smallest absolute Gasteiger partial charge is 0.320 e. The minimum atomic E-state index is -2.93. The maximum absolute atomic E-state index is 14.6. The highest BCUT2D eigenvalue weighted by Gasteiger charge is 2.33. The van der Waals surface area contributed by atoms with Gasteiger partial charge >= 0.3 is 6.03 Å². The molecule has 4 rings (SSSR count). The van der Waals surface area contributed by atoms with Gasteiger partial charge in [0.05, 0.1) is 30.4 Å². The van der Waals surface area contributed by atoms with Crippen molar-refractivity contribution in [2.75, 3.05) is 31.5 Å². The molecule has 0 radical (unpaired) electrons. The van der Waals surface area contributed by atoms with E-state index >= 15 is 0 Å². The summed E-state index contributed by atoms with van der Waals surface area (Å²) in [4.78, 5) is 38.0. The van der Waals surface area contributed by atoms with Crippen molar-refractivity contribution in [2.45, 2.75) is 39.4 Å². The topological polar surface area (TPSA) is 81.7 Å². The van der Waals surface area contributed by atoms with Crippen LogP contribution in [0.15, 0.2) is 18.2 Å². The summed E-state index contributed by atoms with van der Waals surface area (Å²) in [6.45, 7) is 5.38. The number of alkyl halides is 2. The molecule has 1 aromatic heterocycles. The van der Waals surface area contributed by atoms with E-state index in [1.54, 1.807) is 21.6 Å². The number of rotatable bonds is 4. The van der Waals surface area contributed by atoms with Gasteiger partial charge in [0.1, 0.15) is 11.6 Å². The van der Waals surface area contributed by atoms with E-state index in [1.165, 1.54) is 19.1 Å². The van der Waals surface area contributed by atoms with E-state index in [-0.39, 0.29) is 35.9 Å². The molecule has 1 aromatic carbocycles. The molecule has 1 N–H and O–H groups in total. The van der Waals surface area contributed by atoms with E-state index in [2.05, 4.69) is 15.3 Å². The largest absolute Gasteiger partial charge is 0.363 e. The molecular formula is C22H24ClF3N6O2. The van der Waals surface area contributed by atoms with Gasteiger partial charge in [-0.05, 0) is 18.5 Å². The zero-order valence-electron chi connectivity index (χ0n) is 18.7.